The maximum atomic E-state index is 13.7. The normalized spacial score (nSPS) is 13.2. The number of hydrogen-bond donors (Lipinski definition) is 1. The number of halogens is 5. The molecular formula is C18H18F5NO3S. The lowest BCUT2D eigenvalue weighted by Gasteiger charge is -2.25. The lowest BCUT2D eigenvalue weighted by atomic mass is 9.87. The summed E-state index contributed by atoms with van der Waals surface area (Å²) in [6.45, 7) is 3.30. The van der Waals surface area contributed by atoms with Crippen molar-refractivity contribution in [1.29, 1.82) is 0 Å². The van der Waals surface area contributed by atoms with Crippen molar-refractivity contribution in [2.24, 2.45) is 5.92 Å². The first-order valence-electron chi connectivity index (χ1n) is 8.19. The van der Waals surface area contributed by atoms with Crippen LogP contribution in [0, 0.1) is 5.92 Å². The fraction of sp³-hybridized carbons (Fsp3) is 0.444. The Bertz CT molecular complexity index is 835. The molecular weight excluding hydrogens is 405 g/mol. The fourth-order valence-electron chi connectivity index (χ4n) is 2.88. The van der Waals surface area contributed by atoms with Gasteiger partial charge in [-0.25, -0.2) is 18.6 Å². The van der Waals surface area contributed by atoms with Gasteiger partial charge in [-0.2, -0.15) is 24.5 Å². The lowest BCUT2D eigenvalue weighted by Crippen LogP contribution is -2.24. The van der Waals surface area contributed by atoms with E-state index in [2.05, 4.69) is 9.72 Å². The fourth-order valence-corrected chi connectivity index (χ4v) is 3.56. The van der Waals surface area contributed by atoms with E-state index in [4.69, 9.17) is 0 Å². The van der Waals surface area contributed by atoms with Crippen LogP contribution in [0.5, 0.6) is 0 Å². The number of nitrogens with zero attached hydrogens (tertiary/aromatic N) is 1. The van der Waals surface area contributed by atoms with E-state index >= 15 is 0 Å². The van der Waals surface area contributed by atoms with Gasteiger partial charge in [-0.3, -0.25) is 0 Å². The Hall–Kier alpha value is -2.07. The molecule has 1 atom stereocenters. The van der Waals surface area contributed by atoms with Crippen LogP contribution in [0.2, 0.25) is 0 Å². The summed E-state index contributed by atoms with van der Waals surface area (Å²) in [5.41, 5.74) is -4.57. The largest absolute Gasteiger partial charge is 0.465 e. The molecule has 4 nitrogen and oxygen atoms in total. The van der Waals surface area contributed by atoms with Crippen LogP contribution in [0.4, 0.5) is 22.0 Å². The summed E-state index contributed by atoms with van der Waals surface area (Å²) in [5, 5.41) is 13.6. The Balaban J connectivity index is 2.97. The van der Waals surface area contributed by atoms with Gasteiger partial charge in [0.25, 0.3) is 6.43 Å². The zero-order chi connectivity index (χ0) is 21.2. The van der Waals surface area contributed by atoms with E-state index in [1.807, 2.05) is 0 Å². The van der Waals surface area contributed by atoms with Gasteiger partial charge in [-0.15, -0.1) is 0 Å². The number of aromatic nitrogens is 1. The molecule has 0 aromatic carbocycles. The van der Waals surface area contributed by atoms with Crippen molar-refractivity contribution in [3.63, 3.8) is 0 Å². The second kappa shape index (κ2) is 8.52. The molecule has 2 aromatic rings. The van der Waals surface area contributed by atoms with Crippen molar-refractivity contribution in [3.05, 3.63) is 50.5 Å². The van der Waals surface area contributed by atoms with E-state index < -0.39 is 47.2 Å². The molecule has 0 radical (unpaired) electrons. The minimum absolute atomic E-state index is 0.142. The second-order valence-corrected chi connectivity index (χ2v) is 7.24. The first kappa shape index (κ1) is 22.2. The average Bonchev–Trinajstić information content (AvgIpc) is 3.12. The molecule has 1 N–H and O–H groups in total. The minimum Gasteiger partial charge on any atom is -0.465 e. The molecule has 0 spiro atoms. The first-order chi connectivity index (χ1) is 13.0. The molecule has 2 rings (SSSR count). The maximum Gasteiger partial charge on any atom is 0.433 e. The monoisotopic (exact) mass is 423 g/mol. The van der Waals surface area contributed by atoms with Crippen molar-refractivity contribution >= 4 is 17.3 Å². The number of pyridine rings is 1. The number of carbonyl (C=O) groups excluding carboxylic acids is 1. The van der Waals surface area contributed by atoms with E-state index in [-0.39, 0.29) is 23.5 Å². The van der Waals surface area contributed by atoms with E-state index in [0.717, 1.165) is 18.4 Å². The highest BCUT2D eigenvalue weighted by atomic mass is 32.1. The van der Waals surface area contributed by atoms with Crippen molar-refractivity contribution in [2.45, 2.75) is 39.0 Å². The molecule has 0 aliphatic carbocycles. The Morgan fingerprint density at radius 1 is 1.32 bits per heavy atom. The standard InChI is InChI=1S/C18H18F5NO3S/c1-8(2)6-10-11(17(26)27-3)13(16(19)20)24-15(18(21,22)23)12(10)14(25)9-4-5-28-7-9/h4-5,7-8,14,16,25H,6H2,1-3H3. The second-order valence-electron chi connectivity index (χ2n) is 6.46. The zero-order valence-electron chi connectivity index (χ0n) is 15.2. The smallest absolute Gasteiger partial charge is 0.433 e. The van der Waals surface area contributed by atoms with Crippen LogP contribution in [-0.4, -0.2) is 23.2 Å². The Morgan fingerprint density at radius 2 is 1.96 bits per heavy atom. The predicted molar refractivity (Wildman–Crippen MR) is 92.5 cm³/mol. The van der Waals surface area contributed by atoms with E-state index in [9.17, 15) is 31.9 Å². The molecule has 0 saturated carbocycles. The topological polar surface area (TPSA) is 59.4 Å². The summed E-state index contributed by atoms with van der Waals surface area (Å²) < 4.78 is 72.6. The zero-order valence-corrected chi connectivity index (χ0v) is 16.0. The van der Waals surface area contributed by atoms with E-state index in [1.165, 1.54) is 11.4 Å². The molecule has 28 heavy (non-hydrogen) atoms. The van der Waals surface area contributed by atoms with Crippen LogP contribution in [0.1, 0.15) is 64.8 Å². The van der Waals surface area contributed by atoms with Gasteiger partial charge in [0.1, 0.15) is 11.8 Å². The van der Waals surface area contributed by atoms with Crippen molar-refractivity contribution in [1.82, 2.24) is 4.98 Å². The number of carbonyl (C=O) groups is 1. The number of rotatable bonds is 6. The van der Waals surface area contributed by atoms with Crippen molar-refractivity contribution in [3.8, 4) is 0 Å². The van der Waals surface area contributed by atoms with Gasteiger partial charge in [0, 0.05) is 5.56 Å². The molecule has 0 amide bonds. The van der Waals surface area contributed by atoms with Gasteiger partial charge < -0.3 is 9.84 Å². The third-order valence-corrected chi connectivity index (χ3v) is 4.68. The molecule has 2 heterocycles. The Kier molecular flexibility index (Phi) is 6.76. The third kappa shape index (κ3) is 4.49. The number of aliphatic hydroxyl groups excluding tert-OH is 1. The summed E-state index contributed by atoms with van der Waals surface area (Å²) in [6, 6.07) is 1.41. The van der Waals surface area contributed by atoms with Gasteiger partial charge >= 0.3 is 12.1 Å². The van der Waals surface area contributed by atoms with Crippen LogP contribution < -0.4 is 0 Å². The van der Waals surface area contributed by atoms with Gasteiger partial charge in [0.05, 0.1) is 12.7 Å². The van der Waals surface area contributed by atoms with Crippen LogP contribution in [0.15, 0.2) is 16.8 Å². The van der Waals surface area contributed by atoms with E-state index in [1.54, 1.807) is 19.2 Å². The molecule has 0 saturated heterocycles. The lowest BCUT2D eigenvalue weighted by molar-refractivity contribution is -0.143. The van der Waals surface area contributed by atoms with E-state index in [0.29, 0.717) is 0 Å². The summed E-state index contributed by atoms with van der Waals surface area (Å²) in [5.74, 6) is -1.53. The number of methoxy groups -OCH3 is 1. The van der Waals surface area contributed by atoms with Crippen molar-refractivity contribution in [2.75, 3.05) is 7.11 Å². The van der Waals surface area contributed by atoms with Crippen molar-refractivity contribution < 1.29 is 36.6 Å². The van der Waals surface area contributed by atoms with Gasteiger partial charge in [-0.05, 0) is 40.3 Å². The van der Waals surface area contributed by atoms with Gasteiger partial charge in [0.15, 0.2) is 5.69 Å². The van der Waals surface area contributed by atoms with Crippen LogP contribution >= 0.6 is 11.3 Å². The molecule has 0 aliphatic heterocycles. The summed E-state index contributed by atoms with van der Waals surface area (Å²) in [4.78, 5) is 15.3. The minimum atomic E-state index is -5.11. The van der Waals surface area contributed by atoms with Gasteiger partial charge in [0.2, 0.25) is 0 Å². The van der Waals surface area contributed by atoms with Crippen LogP contribution in [0.3, 0.4) is 0 Å². The maximum absolute atomic E-state index is 13.7. The number of alkyl halides is 5. The van der Waals surface area contributed by atoms with Crippen LogP contribution in [0.25, 0.3) is 0 Å². The highest BCUT2D eigenvalue weighted by Gasteiger charge is 2.42. The third-order valence-electron chi connectivity index (χ3n) is 3.98. The summed E-state index contributed by atoms with van der Waals surface area (Å²) in [6.07, 6.45) is -10.5. The molecule has 154 valence electrons. The molecule has 0 fully saturated rings. The number of thiophene rings is 1. The molecule has 0 bridgehead atoms. The summed E-state index contributed by atoms with van der Waals surface area (Å²) in [7, 11) is 0.934. The average molecular weight is 423 g/mol. The number of aliphatic hydroxyl groups is 1. The quantitative estimate of drug-likeness (QED) is 0.515. The molecule has 2 aromatic heterocycles. The van der Waals surface area contributed by atoms with Crippen LogP contribution in [-0.2, 0) is 17.3 Å². The predicted octanol–water partition coefficient (Wildman–Crippen LogP) is 5.17. The molecule has 1 unspecified atom stereocenters. The highest BCUT2D eigenvalue weighted by molar-refractivity contribution is 7.08. The molecule has 0 aliphatic rings. The Morgan fingerprint density at radius 3 is 2.39 bits per heavy atom. The molecule has 10 heteroatoms. The Labute approximate surface area is 162 Å². The SMILES string of the molecule is COC(=O)c1c(C(F)F)nc(C(F)(F)F)c(C(O)c2ccsc2)c1CC(C)C. The summed E-state index contributed by atoms with van der Waals surface area (Å²) >= 11 is 1.15. The first-order valence-corrected chi connectivity index (χ1v) is 9.13. The number of hydrogen-bond acceptors (Lipinski definition) is 5. The van der Waals surface area contributed by atoms with Gasteiger partial charge in [-0.1, -0.05) is 13.8 Å². The number of ether oxygens (including phenoxy) is 1. The number of esters is 1. The highest BCUT2D eigenvalue weighted by Crippen LogP contribution is 2.42.